The molecule has 0 fully saturated rings. The summed E-state index contributed by atoms with van der Waals surface area (Å²) < 4.78 is 0. The Kier molecular flexibility index (Phi) is 208. The van der Waals surface area contributed by atoms with Gasteiger partial charge in [-0.1, -0.05) is 0 Å². The molecule has 0 aliphatic carbocycles. The van der Waals surface area contributed by atoms with Gasteiger partial charge in [0, 0.05) is 0 Å². The molecule has 0 saturated heterocycles. The summed E-state index contributed by atoms with van der Waals surface area (Å²) in [5, 5.41) is 0. The summed E-state index contributed by atoms with van der Waals surface area (Å²) in [5.41, 5.74) is 0. The largest absolute Gasteiger partial charge is 2.00 e. The molecule has 24 valence electrons. The van der Waals surface area contributed by atoms with Gasteiger partial charge in [-0.3, -0.25) is 0 Å². The van der Waals surface area contributed by atoms with Crippen molar-refractivity contribution in [3.8, 4) is 0 Å². The average Bonchev–Trinajstić information content (AvgIpc) is 0. The van der Waals surface area contributed by atoms with Gasteiger partial charge in [0.1, 0.15) is 0 Å². The molecule has 0 aliphatic rings. The summed E-state index contributed by atoms with van der Waals surface area (Å²) >= 11 is 0. The topological polar surface area (TPSA) is 90.0 Å². The van der Waals surface area contributed by atoms with Crippen LogP contribution in [0.1, 0.15) is 0 Å². The zero-order chi connectivity index (χ0) is 0. The molecule has 0 heterocycles. The SMILES string of the molecule is [Cs+].[OH-].[OH-].[OH-].[Sr+2]. The van der Waals surface area contributed by atoms with E-state index in [1.54, 1.807) is 0 Å². The van der Waals surface area contributed by atoms with Gasteiger partial charge >= 0.3 is 114 Å². The Morgan fingerprint density at radius 3 is 0.600 bits per heavy atom. The fourth-order valence-corrected chi connectivity index (χ4v) is 0. The molecule has 0 aromatic carbocycles. The summed E-state index contributed by atoms with van der Waals surface area (Å²) in [7, 11) is 0. The molecule has 0 atom stereocenters. The maximum absolute atomic E-state index is 0. The first kappa shape index (κ1) is 39.7. The summed E-state index contributed by atoms with van der Waals surface area (Å²) in [6.07, 6.45) is 0. The van der Waals surface area contributed by atoms with Crippen LogP contribution in [0.15, 0.2) is 0 Å². The van der Waals surface area contributed by atoms with Gasteiger partial charge in [0.15, 0.2) is 0 Å². The Labute approximate surface area is 127 Å². The van der Waals surface area contributed by atoms with Crippen molar-refractivity contribution in [2.24, 2.45) is 0 Å². The van der Waals surface area contributed by atoms with E-state index in [4.69, 9.17) is 0 Å². The fourth-order valence-electron chi connectivity index (χ4n) is 0. The third kappa shape index (κ3) is 18.6. The summed E-state index contributed by atoms with van der Waals surface area (Å²) in [5.74, 6) is 0. The predicted octanol–water partition coefficient (Wildman–Crippen LogP) is -3.91. The third-order valence-corrected chi connectivity index (χ3v) is 0. The van der Waals surface area contributed by atoms with Gasteiger partial charge in [-0.15, -0.1) is 0 Å². The van der Waals surface area contributed by atoms with Crippen LogP contribution in [0.4, 0.5) is 0 Å². The standard InChI is InChI=1S/Cs.3H2O.Sr/h;3*1H2;/q+1;;;;+2/p-3. The Balaban J connectivity index is 0. The first-order valence-corrected chi connectivity index (χ1v) is 0. The normalized spacial score (nSPS) is 0. The Bertz CT molecular complexity index is 6.85. The van der Waals surface area contributed by atoms with Gasteiger partial charge in [0.25, 0.3) is 0 Å². The fraction of sp³-hybridized carbons (Fsp3) is 0. The number of hydrogen-bond donors (Lipinski definition) is 0. The Hall–Kier alpha value is 3.41. The second kappa shape index (κ2) is 26.2. The first-order chi connectivity index (χ1) is 0. The predicted molar refractivity (Wildman–Crippen MR) is 11.6 cm³/mol. The first-order valence-electron chi connectivity index (χ1n) is 0. The molecule has 5 heavy (non-hydrogen) atoms. The molecule has 3 nitrogen and oxygen atoms in total. The average molecular weight is 272 g/mol. The van der Waals surface area contributed by atoms with E-state index < -0.39 is 0 Å². The smallest absolute Gasteiger partial charge is 0.870 e. The maximum Gasteiger partial charge on any atom is 2.00 e. The third-order valence-electron chi connectivity index (χ3n) is 0. The minimum Gasteiger partial charge on any atom is -0.870 e. The van der Waals surface area contributed by atoms with Crippen LogP contribution in [-0.2, 0) is 0 Å². The van der Waals surface area contributed by atoms with E-state index in [-0.39, 0.29) is 131 Å². The van der Waals surface area contributed by atoms with E-state index in [0.717, 1.165) is 0 Å². The van der Waals surface area contributed by atoms with Crippen molar-refractivity contribution < 1.29 is 85.3 Å². The molecule has 5 heteroatoms. The van der Waals surface area contributed by atoms with Crippen LogP contribution in [0.2, 0.25) is 0 Å². The van der Waals surface area contributed by atoms with Crippen LogP contribution in [0.5, 0.6) is 0 Å². The van der Waals surface area contributed by atoms with E-state index in [1.807, 2.05) is 0 Å². The Morgan fingerprint density at radius 1 is 0.600 bits per heavy atom. The number of hydrogen-bond acceptors (Lipinski definition) is 3. The molecule has 0 aliphatic heterocycles. The minimum absolute atomic E-state index is 0. The van der Waals surface area contributed by atoms with Crippen molar-refractivity contribution in [2.75, 3.05) is 0 Å². The molecular weight excluding hydrogens is 269 g/mol. The van der Waals surface area contributed by atoms with Crippen molar-refractivity contribution >= 4 is 45.5 Å². The maximum atomic E-state index is 0. The van der Waals surface area contributed by atoms with Gasteiger partial charge in [-0.05, 0) is 0 Å². The van der Waals surface area contributed by atoms with Crippen molar-refractivity contribution in [1.29, 1.82) is 0 Å². The second-order valence-corrected chi connectivity index (χ2v) is 0. The van der Waals surface area contributed by atoms with E-state index in [0.29, 0.717) is 0 Å². The molecule has 0 spiro atoms. The molecule has 0 amide bonds. The van der Waals surface area contributed by atoms with Gasteiger partial charge in [0.05, 0.1) is 0 Å². The summed E-state index contributed by atoms with van der Waals surface area (Å²) in [6.45, 7) is 0. The van der Waals surface area contributed by atoms with Crippen LogP contribution >= 0.6 is 0 Å². The molecule has 3 N–H and O–H groups in total. The quantitative estimate of drug-likeness (QED) is 0.422. The van der Waals surface area contributed by atoms with E-state index in [2.05, 4.69) is 0 Å². The second-order valence-electron chi connectivity index (χ2n) is 0. The van der Waals surface area contributed by atoms with Crippen molar-refractivity contribution in [1.82, 2.24) is 0 Å². The van der Waals surface area contributed by atoms with Gasteiger partial charge in [0.2, 0.25) is 0 Å². The van der Waals surface area contributed by atoms with E-state index >= 15 is 0 Å². The molecule has 0 unspecified atom stereocenters. The molecule has 0 rings (SSSR count). The monoisotopic (exact) mass is 272 g/mol. The van der Waals surface area contributed by atoms with Gasteiger partial charge in [-0.2, -0.15) is 0 Å². The van der Waals surface area contributed by atoms with Crippen LogP contribution in [0, 0.1) is 0 Å². The molecule has 0 radical (unpaired) electrons. The minimum atomic E-state index is 0. The van der Waals surface area contributed by atoms with Crippen molar-refractivity contribution in [3.05, 3.63) is 0 Å². The van der Waals surface area contributed by atoms with Crippen molar-refractivity contribution in [3.63, 3.8) is 0 Å². The molecule has 0 saturated carbocycles. The van der Waals surface area contributed by atoms with Crippen LogP contribution in [0.25, 0.3) is 0 Å². The number of rotatable bonds is 0. The summed E-state index contributed by atoms with van der Waals surface area (Å²) in [6, 6.07) is 0. The van der Waals surface area contributed by atoms with Crippen LogP contribution in [0.3, 0.4) is 0 Å². The Morgan fingerprint density at radius 2 is 0.600 bits per heavy atom. The van der Waals surface area contributed by atoms with E-state index in [1.165, 1.54) is 0 Å². The van der Waals surface area contributed by atoms with E-state index in [9.17, 15) is 0 Å². The van der Waals surface area contributed by atoms with Crippen molar-refractivity contribution in [2.45, 2.75) is 0 Å². The molecule has 0 aromatic rings. The van der Waals surface area contributed by atoms with Crippen LogP contribution in [-0.4, -0.2) is 61.9 Å². The van der Waals surface area contributed by atoms with Gasteiger partial charge in [-0.25, -0.2) is 0 Å². The van der Waals surface area contributed by atoms with Crippen LogP contribution < -0.4 is 68.9 Å². The summed E-state index contributed by atoms with van der Waals surface area (Å²) in [4.78, 5) is 0. The van der Waals surface area contributed by atoms with Gasteiger partial charge < -0.3 is 16.4 Å². The molecule has 0 aromatic heterocycles. The molecule has 0 bridgehead atoms. The zero-order valence-corrected chi connectivity index (χ0v) is 12.8. The zero-order valence-electron chi connectivity index (χ0n) is 3.05. The molecular formula is H3CsO3Sr.